The number of Topliss-reactive ketones (excluding diaryl/α,β-unsaturated/α-hetero) is 1. The zero-order valence-electron chi connectivity index (χ0n) is 25.6. The summed E-state index contributed by atoms with van der Waals surface area (Å²) in [5, 5.41) is 10.6. The van der Waals surface area contributed by atoms with Crippen molar-refractivity contribution in [3.05, 3.63) is 47.5 Å². The van der Waals surface area contributed by atoms with Crippen LogP contribution in [0, 0.1) is 12.3 Å². The first-order chi connectivity index (χ1) is 19.9. The third-order valence-corrected chi connectivity index (χ3v) is 7.38. The number of aliphatic imine (C=N–C) groups is 1. The molecule has 2 aliphatic heterocycles. The Kier molecular flexibility index (Phi) is 10.00. The van der Waals surface area contributed by atoms with Crippen molar-refractivity contribution in [2.24, 2.45) is 26.5 Å². The first-order valence-electron chi connectivity index (χ1n) is 14.5. The van der Waals surface area contributed by atoms with E-state index in [1.54, 1.807) is 31.8 Å². The van der Waals surface area contributed by atoms with Gasteiger partial charge in [-0.05, 0) is 32.9 Å². The molecule has 226 valence electrons. The van der Waals surface area contributed by atoms with Gasteiger partial charge in [-0.15, -0.1) is 0 Å². The van der Waals surface area contributed by atoms with Crippen LogP contribution in [0.1, 0.15) is 68.7 Å². The molecule has 4 heterocycles. The Hall–Kier alpha value is -3.77. The largest absolute Gasteiger partial charge is 0.387 e. The molecule has 0 aliphatic carbocycles. The Balaban J connectivity index is 1.38. The van der Waals surface area contributed by atoms with Gasteiger partial charge in [-0.3, -0.25) is 24.5 Å². The summed E-state index contributed by atoms with van der Waals surface area (Å²) in [6.07, 6.45) is 5.36. The van der Waals surface area contributed by atoms with E-state index in [0.29, 0.717) is 17.9 Å². The minimum Gasteiger partial charge on any atom is -0.387 e. The number of ketones is 1. The summed E-state index contributed by atoms with van der Waals surface area (Å²) in [6.45, 7) is 17.4. The lowest BCUT2D eigenvalue weighted by atomic mass is 9.89. The molecule has 2 N–H and O–H groups in total. The molecule has 0 spiro atoms. The van der Waals surface area contributed by atoms with Crippen molar-refractivity contribution >= 4 is 28.9 Å². The van der Waals surface area contributed by atoms with Crippen molar-refractivity contribution in [2.45, 2.75) is 60.1 Å². The highest BCUT2D eigenvalue weighted by molar-refractivity contribution is 6.09. The van der Waals surface area contributed by atoms with Gasteiger partial charge in [-0.25, -0.2) is 5.01 Å². The predicted octanol–water partition coefficient (Wildman–Crippen LogP) is 3.76. The maximum absolute atomic E-state index is 12.8. The van der Waals surface area contributed by atoms with Crippen LogP contribution in [0.3, 0.4) is 0 Å². The molecule has 0 bridgehead atoms. The molecule has 1 atom stereocenters. The standard InChI is InChI=1S/C30H43N9O3/c1-20(2)42-12-11-37-7-9-38(10-8-37)24-13-22(16-32-18-24)25-19-39(36-35-25)26-14-23(17-33-21(26)3)29(41)34-28(31)15-27(40)30(4,5)6/h13-14,16-18,20,25H,7-12,15,19H2,1-6H3,(H2,31,34,41). The van der Waals surface area contributed by atoms with Crippen molar-refractivity contribution in [1.29, 1.82) is 0 Å². The number of piperazine rings is 1. The van der Waals surface area contributed by atoms with Gasteiger partial charge in [0.25, 0.3) is 5.91 Å². The predicted molar refractivity (Wildman–Crippen MR) is 163 cm³/mol. The molecule has 42 heavy (non-hydrogen) atoms. The van der Waals surface area contributed by atoms with Gasteiger partial charge in [0.2, 0.25) is 0 Å². The van der Waals surface area contributed by atoms with Crippen molar-refractivity contribution in [3.8, 4) is 0 Å². The fourth-order valence-corrected chi connectivity index (χ4v) is 4.69. The van der Waals surface area contributed by atoms with Gasteiger partial charge in [-0.1, -0.05) is 26.0 Å². The number of nitrogens with two attached hydrogens (primary N) is 1. The highest BCUT2D eigenvalue weighted by atomic mass is 16.5. The quantitative estimate of drug-likeness (QED) is 0.330. The molecule has 12 heteroatoms. The van der Waals surface area contributed by atoms with Crippen LogP contribution in [-0.4, -0.2) is 84.4 Å². The van der Waals surface area contributed by atoms with E-state index in [9.17, 15) is 9.59 Å². The molecule has 2 aromatic heterocycles. The van der Waals surface area contributed by atoms with E-state index in [2.05, 4.69) is 55.0 Å². The van der Waals surface area contributed by atoms with E-state index in [-0.39, 0.29) is 35.7 Å². The normalized spacial score (nSPS) is 18.3. The van der Waals surface area contributed by atoms with Gasteiger partial charge in [0.1, 0.15) is 17.7 Å². The highest BCUT2D eigenvalue weighted by Crippen LogP contribution is 2.32. The number of hydrogen-bond acceptors (Lipinski definition) is 10. The third-order valence-electron chi connectivity index (χ3n) is 7.38. The minimum atomic E-state index is -0.564. The number of carbonyl (C=O) groups is 2. The number of anilines is 2. The topological polar surface area (TPSA) is 142 Å². The van der Waals surface area contributed by atoms with Crippen molar-refractivity contribution < 1.29 is 14.3 Å². The Morgan fingerprint density at radius 3 is 2.55 bits per heavy atom. The maximum Gasteiger partial charge on any atom is 0.280 e. The van der Waals surface area contributed by atoms with Crippen LogP contribution in [0.5, 0.6) is 0 Å². The first-order valence-corrected chi connectivity index (χ1v) is 14.5. The second-order valence-electron chi connectivity index (χ2n) is 12.1. The van der Waals surface area contributed by atoms with Gasteiger partial charge in [-0.2, -0.15) is 10.1 Å². The van der Waals surface area contributed by atoms with Gasteiger partial charge >= 0.3 is 0 Å². The monoisotopic (exact) mass is 577 g/mol. The van der Waals surface area contributed by atoms with Crippen LogP contribution in [0.25, 0.3) is 0 Å². The van der Waals surface area contributed by atoms with Crippen molar-refractivity contribution in [1.82, 2.24) is 14.9 Å². The Labute approximate surface area is 248 Å². The number of carbonyl (C=O) groups excluding carboxylic acids is 2. The smallest absolute Gasteiger partial charge is 0.280 e. The minimum absolute atomic E-state index is 0.0167. The van der Waals surface area contributed by atoms with Gasteiger partial charge < -0.3 is 15.4 Å². The Morgan fingerprint density at radius 2 is 1.86 bits per heavy atom. The zero-order valence-corrected chi connectivity index (χ0v) is 25.6. The van der Waals surface area contributed by atoms with E-state index in [0.717, 1.165) is 50.6 Å². The van der Waals surface area contributed by atoms with Crippen LogP contribution in [-0.2, 0) is 9.53 Å². The molecule has 12 nitrogen and oxygen atoms in total. The molecule has 1 unspecified atom stereocenters. The van der Waals surface area contributed by atoms with E-state index in [1.165, 1.54) is 6.20 Å². The van der Waals surface area contributed by atoms with Crippen LogP contribution in [0.2, 0.25) is 0 Å². The van der Waals surface area contributed by atoms with Crippen LogP contribution in [0.15, 0.2) is 46.1 Å². The average Bonchev–Trinajstić information content (AvgIpc) is 3.43. The van der Waals surface area contributed by atoms with Gasteiger partial charge in [0.05, 0.1) is 54.5 Å². The fraction of sp³-hybridized carbons (Fsp3) is 0.567. The maximum atomic E-state index is 12.8. The number of rotatable bonds is 10. The molecule has 1 amide bonds. The number of amidine groups is 1. The first kappa shape index (κ1) is 31.2. The molecule has 0 aromatic carbocycles. The fourth-order valence-electron chi connectivity index (χ4n) is 4.69. The molecule has 4 rings (SSSR count). The van der Waals surface area contributed by atoms with E-state index < -0.39 is 11.3 Å². The van der Waals surface area contributed by atoms with E-state index in [4.69, 9.17) is 10.5 Å². The SMILES string of the molecule is Cc1ncc(C(=O)N=C(N)CC(=O)C(C)(C)C)cc1N1CC(c2cncc(N3CCN(CCOC(C)C)CC3)c2)N=N1. The van der Waals surface area contributed by atoms with Gasteiger partial charge in [0.15, 0.2) is 0 Å². The number of pyridine rings is 2. The number of aromatic nitrogens is 2. The number of nitrogens with zero attached hydrogens (tertiary/aromatic N) is 8. The molecule has 0 saturated carbocycles. The highest BCUT2D eigenvalue weighted by Gasteiger charge is 2.27. The summed E-state index contributed by atoms with van der Waals surface area (Å²) >= 11 is 0. The van der Waals surface area contributed by atoms with Crippen molar-refractivity contribution in [3.63, 3.8) is 0 Å². The number of amides is 1. The molecule has 2 aromatic rings. The molecular formula is C30H43N9O3. The molecule has 1 saturated heterocycles. The number of aryl methyl sites for hydroxylation is 1. The summed E-state index contributed by atoms with van der Waals surface area (Å²) in [5.41, 5.74) is 9.03. The average molecular weight is 578 g/mol. The molecule has 1 fully saturated rings. The summed E-state index contributed by atoms with van der Waals surface area (Å²) in [4.78, 5) is 42.7. The van der Waals surface area contributed by atoms with Crippen LogP contribution < -0.4 is 15.6 Å². The number of ether oxygens (including phenoxy) is 1. The lowest BCUT2D eigenvalue weighted by Crippen LogP contribution is -2.47. The van der Waals surface area contributed by atoms with Crippen LogP contribution >= 0.6 is 0 Å². The second kappa shape index (κ2) is 13.5. The number of hydrogen-bond donors (Lipinski definition) is 1. The van der Waals surface area contributed by atoms with Gasteiger partial charge in [0, 0.05) is 56.1 Å². The summed E-state index contributed by atoms with van der Waals surface area (Å²) in [6, 6.07) is 3.62. The van der Waals surface area contributed by atoms with Crippen molar-refractivity contribution in [2.75, 3.05) is 55.8 Å². The van der Waals surface area contributed by atoms with E-state index in [1.807, 2.05) is 19.3 Å². The Morgan fingerprint density at radius 1 is 1.12 bits per heavy atom. The zero-order chi connectivity index (χ0) is 30.4. The van der Waals surface area contributed by atoms with E-state index >= 15 is 0 Å². The third kappa shape index (κ3) is 8.16. The molecule has 2 aliphatic rings. The summed E-state index contributed by atoms with van der Waals surface area (Å²) in [7, 11) is 0. The van der Waals surface area contributed by atoms with Crippen LogP contribution in [0.4, 0.5) is 11.4 Å². The molecular weight excluding hydrogens is 534 g/mol. The Bertz CT molecular complexity index is 1330. The lowest BCUT2D eigenvalue weighted by Gasteiger charge is -2.36. The lowest BCUT2D eigenvalue weighted by molar-refractivity contribution is -0.125. The summed E-state index contributed by atoms with van der Waals surface area (Å²) < 4.78 is 5.70. The molecule has 0 radical (unpaired) electrons. The summed E-state index contributed by atoms with van der Waals surface area (Å²) in [5.74, 6) is -0.659. The second-order valence-corrected chi connectivity index (χ2v) is 12.1.